The number of methoxy groups -OCH3 is 1. The van der Waals surface area contributed by atoms with Crippen LogP contribution in [0.2, 0.25) is 0 Å². The summed E-state index contributed by atoms with van der Waals surface area (Å²) in [5.74, 6) is 0.321. The molecule has 3 N–H and O–H groups in total. The number of hydrogen-bond acceptors (Lipinski definition) is 3. The van der Waals surface area contributed by atoms with Crippen LogP contribution in [0.25, 0.3) is 0 Å². The van der Waals surface area contributed by atoms with Crippen molar-refractivity contribution in [1.29, 1.82) is 0 Å². The second kappa shape index (κ2) is 7.76. The number of aliphatic imine (C=N–C) groups is 1. The first-order valence-electron chi connectivity index (χ1n) is 5.86. The number of nitrogens with two attached hydrogens (primary N) is 1. The number of amides is 1. The lowest BCUT2D eigenvalue weighted by atomic mass is 10.1. The van der Waals surface area contributed by atoms with Crippen LogP contribution in [0.5, 0.6) is 0 Å². The van der Waals surface area contributed by atoms with Gasteiger partial charge in [-0.1, -0.05) is 6.07 Å². The molecule has 0 aliphatic heterocycles. The van der Waals surface area contributed by atoms with Crippen molar-refractivity contribution >= 4 is 29.0 Å². The largest absolute Gasteiger partial charge is 0.386 e. The van der Waals surface area contributed by atoms with E-state index in [0.29, 0.717) is 30.2 Å². The molecule has 0 spiro atoms. The lowest BCUT2D eigenvalue weighted by molar-refractivity contribution is 0.0936. The average molecular weight is 284 g/mol. The van der Waals surface area contributed by atoms with Crippen LogP contribution in [-0.4, -0.2) is 37.9 Å². The quantitative estimate of drug-likeness (QED) is 0.360. The minimum atomic E-state index is -0.156. The molecule has 0 radical (unpaired) electrons. The van der Waals surface area contributed by atoms with E-state index in [1.165, 1.54) is 0 Å². The molecule has 0 atom stereocenters. The molecule has 0 aliphatic carbocycles. The molecule has 0 saturated heterocycles. The number of nitrogens with one attached hydrogen (secondary N) is 1. The molecule has 0 bridgehead atoms. The Morgan fingerprint density at radius 2 is 2.26 bits per heavy atom. The second-order valence-corrected chi connectivity index (χ2v) is 4.20. The van der Waals surface area contributed by atoms with E-state index in [2.05, 4.69) is 10.3 Å². The number of amidine groups is 1. The van der Waals surface area contributed by atoms with Crippen LogP contribution in [0.1, 0.15) is 15.9 Å². The molecule has 0 fully saturated rings. The molecular formula is C13H18ClN3O2. The van der Waals surface area contributed by atoms with Crippen molar-refractivity contribution in [3.8, 4) is 0 Å². The van der Waals surface area contributed by atoms with Gasteiger partial charge in [-0.2, -0.15) is 0 Å². The first-order chi connectivity index (χ1) is 9.10. The van der Waals surface area contributed by atoms with Gasteiger partial charge < -0.3 is 15.8 Å². The summed E-state index contributed by atoms with van der Waals surface area (Å²) in [5, 5.41) is 2.77. The van der Waals surface area contributed by atoms with Gasteiger partial charge in [0.2, 0.25) is 0 Å². The second-order valence-electron chi connectivity index (χ2n) is 3.94. The van der Waals surface area contributed by atoms with Gasteiger partial charge in [0.05, 0.1) is 18.2 Å². The number of carbonyl (C=O) groups is 1. The number of halogens is 1. The minimum absolute atomic E-state index is 0.156. The summed E-state index contributed by atoms with van der Waals surface area (Å²) in [6, 6.07) is 5.30. The van der Waals surface area contributed by atoms with Crippen molar-refractivity contribution in [2.24, 2.45) is 10.7 Å². The van der Waals surface area contributed by atoms with Crippen LogP contribution in [-0.2, 0) is 4.74 Å². The number of ether oxygens (including phenoxy) is 1. The number of rotatable bonds is 6. The molecule has 0 aliphatic rings. The highest BCUT2D eigenvalue weighted by molar-refractivity contribution is 6.28. The maximum absolute atomic E-state index is 12.0. The Labute approximate surface area is 117 Å². The fraction of sp³-hybridized carbons (Fsp3) is 0.385. The van der Waals surface area contributed by atoms with Gasteiger partial charge in [-0.3, -0.25) is 4.79 Å². The van der Waals surface area contributed by atoms with Gasteiger partial charge in [-0.15, -0.1) is 11.6 Å². The first kappa shape index (κ1) is 15.5. The Balaban J connectivity index is 2.91. The lowest BCUT2D eigenvalue weighted by Crippen LogP contribution is -2.27. The number of alkyl halides is 1. The maximum atomic E-state index is 12.0. The van der Waals surface area contributed by atoms with E-state index < -0.39 is 0 Å². The highest BCUT2D eigenvalue weighted by atomic mass is 35.5. The van der Waals surface area contributed by atoms with Crippen molar-refractivity contribution in [3.05, 3.63) is 29.3 Å². The van der Waals surface area contributed by atoms with Crippen molar-refractivity contribution in [1.82, 2.24) is 5.32 Å². The van der Waals surface area contributed by atoms with E-state index in [9.17, 15) is 4.79 Å². The Hall–Kier alpha value is -1.59. The van der Waals surface area contributed by atoms with Crippen LogP contribution in [0, 0.1) is 6.92 Å². The molecule has 104 valence electrons. The molecular weight excluding hydrogens is 266 g/mol. The average Bonchev–Trinajstić information content (AvgIpc) is 2.41. The summed E-state index contributed by atoms with van der Waals surface area (Å²) in [6.07, 6.45) is 0. The van der Waals surface area contributed by atoms with E-state index in [4.69, 9.17) is 22.1 Å². The molecule has 1 amide bonds. The predicted molar refractivity (Wildman–Crippen MR) is 77.4 cm³/mol. The molecule has 1 aromatic rings. The van der Waals surface area contributed by atoms with Gasteiger partial charge in [0.15, 0.2) is 0 Å². The van der Waals surface area contributed by atoms with Crippen molar-refractivity contribution in [3.63, 3.8) is 0 Å². The Bertz CT molecular complexity index is 475. The minimum Gasteiger partial charge on any atom is -0.386 e. The highest BCUT2D eigenvalue weighted by Crippen LogP contribution is 2.21. The van der Waals surface area contributed by atoms with E-state index >= 15 is 0 Å². The number of carbonyl (C=O) groups excluding carboxylic acids is 1. The predicted octanol–water partition coefficient (Wildman–Crippen LogP) is 1.60. The summed E-state index contributed by atoms with van der Waals surface area (Å²) < 4.78 is 4.88. The zero-order valence-electron chi connectivity index (χ0n) is 11.1. The van der Waals surface area contributed by atoms with Gasteiger partial charge in [0, 0.05) is 19.2 Å². The number of hydrogen-bond donors (Lipinski definition) is 2. The monoisotopic (exact) mass is 283 g/mol. The Kier molecular flexibility index (Phi) is 6.32. The maximum Gasteiger partial charge on any atom is 0.251 e. The van der Waals surface area contributed by atoms with Crippen LogP contribution in [0.15, 0.2) is 23.2 Å². The Morgan fingerprint density at radius 1 is 1.53 bits per heavy atom. The smallest absolute Gasteiger partial charge is 0.251 e. The third-order valence-electron chi connectivity index (χ3n) is 2.54. The van der Waals surface area contributed by atoms with E-state index in [0.717, 1.165) is 5.56 Å². The van der Waals surface area contributed by atoms with Crippen molar-refractivity contribution < 1.29 is 9.53 Å². The fourth-order valence-corrected chi connectivity index (χ4v) is 1.60. The summed E-state index contributed by atoms with van der Waals surface area (Å²) in [7, 11) is 1.58. The molecule has 1 rings (SSSR count). The van der Waals surface area contributed by atoms with Crippen molar-refractivity contribution in [2.45, 2.75) is 6.92 Å². The topological polar surface area (TPSA) is 76.7 Å². The molecule has 0 saturated carbocycles. The number of nitrogens with zero attached hydrogens (tertiary/aromatic N) is 1. The third-order valence-corrected chi connectivity index (χ3v) is 2.82. The molecule has 0 unspecified atom stereocenters. The van der Waals surface area contributed by atoms with Gasteiger partial charge in [-0.25, -0.2) is 4.99 Å². The molecule has 19 heavy (non-hydrogen) atoms. The zero-order valence-corrected chi connectivity index (χ0v) is 11.8. The first-order valence-corrected chi connectivity index (χ1v) is 6.39. The summed E-state index contributed by atoms with van der Waals surface area (Å²) in [6.45, 7) is 2.76. The van der Waals surface area contributed by atoms with Gasteiger partial charge in [0.1, 0.15) is 5.84 Å². The standard InChI is InChI=1S/C13H18ClN3O2/c1-9-10(13(18)16-6-7-19-2)4-3-5-11(9)17-12(15)8-14/h3-5H,6-8H2,1-2H3,(H2,15,17)(H,16,18). The normalized spacial score (nSPS) is 11.4. The summed E-state index contributed by atoms with van der Waals surface area (Å²) >= 11 is 5.59. The molecule has 1 aromatic carbocycles. The van der Waals surface area contributed by atoms with Crippen LogP contribution in [0.3, 0.4) is 0 Å². The molecule has 6 heteroatoms. The zero-order chi connectivity index (χ0) is 14.3. The summed E-state index contributed by atoms with van der Waals surface area (Å²) in [4.78, 5) is 16.1. The van der Waals surface area contributed by atoms with Gasteiger partial charge in [-0.05, 0) is 24.6 Å². The van der Waals surface area contributed by atoms with Crippen molar-refractivity contribution in [2.75, 3.05) is 26.1 Å². The van der Waals surface area contributed by atoms with Crippen LogP contribution < -0.4 is 11.1 Å². The van der Waals surface area contributed by atoms with Crippen LogP contribution >= 0.6 is 11.6 Å². The fourth-order valence-electron chi connectivity index (χ4n) is 1.54. The molecule has 0 aromatic heterocycles. The highest BCUT2D eigenvalue weighted by Gasteiger charge is 2.11. The molecule has 5 nitrogen and oxygen atoms in total. The van der Waals surface area contributed by atoms with Gasteiger partial charge in [0.25, 0.3) is 5.91 Å². The third kappa shape index (κ3) is 4.54. The summed E-state index contributed by atoms with van der Waals surface area (Å²) in [5.41, 5.74) is 7.59. The lowest BCUT2D eigenvalue weighted by Gasteiger charge is -2.09. The van der Waals surface area contributed by atoms with Gasteiger partial charge >= 0.3 is 0 Å². The van der Waals surface area contributed by atoms with Crippen LogP contribution in [0.4, 0.5) is 5.69 Å². The van der Waals surface area contributed by atoms with E-state index in [1.807, 2.05) is 6.92 Å². The van der Waals surface area contributed by atoms with E-state index in [1.54, 1.807) is 25.3 Å². The Morgan fingerprint density at radius 3 is 2.89 bits per heavy atom. The van der Waals surface area contributed by atoms with E-state index in [-0.39, 0.29) is 11.8 Å². The molecule has 0 heterocycles. The SMILES string of the molecule is COCCNC(=O)c1cccc(N=C(N)CCl)c1C. The number of benzene rings is 1.